The maximum Gasteiger partial charge on any atom is 0.239 e. The topological polar surface area (TPSA) is 51.2 Å². The van der Waals surface area contributed by atoms with Gasteiger partial charge in [-0.2, -0.15) is 0 Å². The van der Waals surface area contributed by atoms with Crippen LogP contribution in [-0.2, 0) is 21.6 Å². The lowest BCUT2D eigenvalue weighted by Gasteiger charge is -2.45. The van der Waals surface area contributed by atoms with Crippen LogP contribution in [0.4, 0.5) is 0 Å². The Morgan fingerprint density at radius 2 is 1.85 bits per heavy atom. The maximum atomic E-state index is 12.9. The third kappa shape index (κ3) is 3.19. The quantitative estimate of drug-likeness (QED) is 0.812. The number of benzene rings is 1. The Kier molecular flexibility index (Phi) is 5.03. The van der Waals surface area contributed by atoms with Gasteiger partial charge in [0, 0.05) is 13.1 Å². The number of hydrogen-bond acceptors (Lipinski definition) is 5. The fourth-order valence-corrected chi connectivity index (χ4v) is 4.92. The average molecular weight is 374 g/mol. The van der Waals surface area contributed by atoms with Gasteiger partial charge in [0.25, 0.3) is 0 Å². The van der Waals surface area contributed by atoms with Crippen molar-refractivity contribution in [3.63, 3.8) is 0 Å². The number of nitrogens with zero attached hydrogens (tertiary/aromatic N) is 2. The Morgan fingerprint density at radius 3 is 2.48 bits per heavy atom. The summed E-state index contributed by atoms with van der Waals surface area (Å²) in [5.74, 6) is 1.80. The number of hydrogen-bond donors (Lipinski definition) is 0. The Balaban J connectivity index is 1.54. The highest BCUT2D eigenvalue weighted by Gasteiger charge is 2.43. The summed E-state index contributed by atoms with van der Waals surface area (Å²) < 4.78 is 17.3. The molecule has 1 spiro atoms. The van der Waals surface area contributed by atoms with Crippen molar-refractivity contribution >= 4 is 5.91 Å². The van der Waals surface area contributed by atoms with Gasteiger partial charge in [0.05, 0.1) is 32.5 Å². The number of likely N-dealkylation sites (N-methyl/N-ethyl adjacent to an activating group) is 1. The fourth-order valence-electron chi connectivity index (χ4n) is 4.92. The molecule has 2 fully saturated rings. The van der Waals surface area contributed by atoms with Gasteiger partial charge in [-0.15, -0.1) is 0 Å². The molecule has 4 rings (SSSR count). The fraction of sp³-hybridized carbons (Fsp3) is 0.667. The second-order valence-corrected chi connectivity index (χ2v) is 7.92. The minimum absolute atomic E-state index is 0.0583. The molecule has 6 nitrogen and oxygen atoms in total. The highest BCUT2D eigenvalue weighted by atomic mass is 16.5. The van der Waals surface area contributed by atoms with Crippen molar-refractivity contribution in [1.82, 2.24) is 9.80 Å². The van der Waals surface area contributed by atoms with E-state index in [1.807, 2.05) is 4.90 Å². The molecule has 1 aromatic rings. The van der Waals surface area contributed by atoms with Crippen LogP contribution in [0, 0.1) is 0 Å². The Morgan fingerprint density at radius 1 is 1.15 bits per heavy atom. The molecule has 148 valence electrons. The molecular formula is C21H30N2O4. The van der Waals surface area contributed by atoms with Gasteiger partial charge >= 0.3 is 0 Å². The molecule has 6 heteroatoms. The largest absolute Gasteiger partial charge is 0.493 e. The Labute approximate surface area is 161 Å². The summed E-state index contributed by atoms with van der Waals surface area (Å²) in [7, 11) is 5.39. The van der Waals surface area contributed by atoms with Crippen LogP contribution < -0.4 is 9.47 Å². The van der Waals surface area contributed by atoms with Crippen molar-refractivity contribution in [2.45, 2.75) is 43.7 Å². The SMILES string of the molecule is COc1cc2c(cc1OC)C1(CCN(C(=O)C3CCCN3C)CC1)OCC2. The standard InChI is InChI=1S/C21H30N2O4/c1-22-9-4-5-17(22)20(24)23-10-7-21(8-11-23)16-14-19(26-3)18(25-2)13-15(16)6-12-27-21/h13-14,17H,4-12H2,1-3H3. The summed E-state index contributed by atoms with van der Waals surface area (Å²) >= 11 is 0. The summed E-state index contributed by atoms with van der Waals surface area (Å²) in [6.45, 7) is 3.22. The first-order chi connectivity index (χ1) is 13.1. The smallest absolute Gasteiger partial charge is 0.239 e. The summed E-state index contributed by atoms with van der Waals surface area (Å²) in [4.78, 5) is 17.1. The summed E-state index contributed by atoms with van der Waals surface area (Å²) in [6.07, 6.45) is 4.64. The summed E-state index contributed by atoms with van der Waals surface area (Å²) in [5.41, 5.74) is 2.16. The van der Waals surface area contributed by atoms with E-state index in [4.69, 9.17) is 14.2 Å². The number of fused-ring (bicyclic) bond motifs is 2. The minimum atomic E-state index is -0.314. The number of carbonyl (C=O) groups excluding carboxylic acids is 1. The van der Waals surface area contributed by atoms with Crippen LogP contribution in [0.3, 0.4) is 0 Å². The van der Waals surface area contributed by atoms with E-state index < -0.39 is 0 Å². The molecule has 2 saturated heterocycles. The van der Waals surface area contributed by atoms with Gasteiger partial charge in [-0.3, -0.25) is 9.69 Å². The molecule has 0 N–H and O–H groups in total. The molecule has 1 amide bonds. The third-order valence-corrected chi connectivity index (χ3v) is 6.54. The number of rotatable bonds is 3. The highest BCUT2D eigenvalue weighted by Crippen LogP contribution is 2.45. The monoisotopic (exact) mass is 374 g/mol. The molecule has 3 aliphatic rings. The second-order valence-electron chi connectivity index (χ2n) is 7.92. The zero-order valence-electron chi connectivity index (χ0n) is 16.6. The lowest BCUT2D eigenvalue weighted by molar-refractivity contribution is -0.144. The van der Waals surface area contributed by atoms with Crippen molar-refractivity contribution in [2.24, 2.45) is 0 Å². The Bertz CT molecular complexity index is 712. The second kappa shape index (κ2) is 7.32. The van der Waals surface area contributed by atoms with Crippen LogP contribution >= 0.6 is 0 Å². The number of methoxy groups -OCH3 is 2. The number of likely N-dealkylation sites (tertiary alicyclic amines) is 2. The van der Waals surface area contributed by atoms with E-state index in [2.05, 4.69) is 24.1 Å². The van der Waals surface area contributed by atoms with E-state index in [0.717, 1.165) is 63.2 Å². The lowest BCUT2D eigenvalue weighted by Crippen LogP contribution is -2.52. The van der Waals surface area contributed by atoms with Gasteiger partial charge < -0.3 is 19.1 Å². The van der Waals surface area contributed by atoms with Gasteiger partial charge in [-0.05, 0) is 69.0 Å². The first-order valence-electron chi connectivity index (χ1n) is 9.96. The molecule has 0 aromatic heterocycles. The van der Waals surface area contributed by atoms with Crippen molar-refractivity contribution in [1.29, 1.82) is 0 Å². The molecule has 3 aliphatic heterocycles. The van der Waals surface area contributed by atoms with Gasteiger partial charge in [0.15, 0.2) is 11.5 Å². The zero-order valence-corrected chi connectivity index (χ0v) is 16.6. The molecule has 1 unspecified atom stereocenters. The molecule has 1 atom stereocenters. The number of ether oxygens (including phenoxy) is 3. The number of amides is 1. The van der Waals surface area contributed by atoms with Gasteiger partial charge in [-0.1, -0.05) is 0 Å². The minimum Gasteiger partial charge on any atom is -0.493 e. The first-order valence-corrected chi connectivity index (χ1v) is 9.96. The first kappa shape index (κ1) is 18.6. The summed E-state index contributed by atoms with van der Waals surface area (Å²) in [5, 5.41) is 0. The Hall–Kier alpha value is -1.79. The van der Waals surface area contributed by atoms with Crippen molar-refractivity contribution in [3.05, 3.63) is 23.3 Å². The van der Waals surface area contributed by atoms with E-state index >= 15 is 0 Å². The molecule has 0 bridgehead atoms. The predicted molar refractivity (Wildman–Crippen MR) is 102 cm³/mol. The lowest BCUT2D eigenvalue weighted by atomic mass is 9.79. The molecule has 27 heavy (non-hydrogen) atoms. The molecule has 0 saturated carbocycles. The van der Waals surface area contributed by atoms with Crippen LogP contribution in [0.2, 0.25) is 0 Å². The normalized spacial score (nSPS) is 24.7. The average Bonchev–Trinajstić information content (AvgIpc) is 3.13. The molecular weight excluding hydrogens is 344 g/mol. The van der Waals surface area contributed by atoms with Crippen LogP contribution in [0.5, 0.6) is 11.5 Å². The van der Waals surface area contributed by atoms with Crippen LogP contribution in [0.15, 0.2) is 12.1 Å². The molecule has 0 radical (unpaired) electrons. The van der Waals surface area contributed by atoms with Crippen molar-refractivity contribution < 1.29 is 19.0 Å². The predicted octanol–water partition coefficient (Wildman–Crippen LogP) is 2.19. The van der Waals surface area contributed by atoms with Gasteiger partial charge in [0.1, 0.15) is 0 Å². The highest BCUT2D eigenvalue weighted by molar-refractivity contribution is 5.82. The molecule has 1 aromatic carbocycles. The maximum absolute atomic E-state index is 12.9. The van der Waals surface area contributed by atoms with Gasteiger partial charge in [-0.25, -0.2) is 0 Å². The van der Waals surface area contributed by atoms with E-state index in [1.54, 1.807) is 14.2 Å². The number of piperidine rings is 1. The van der Waals surface area contributed by atoms with Crippen LogP contribution in [0.25, 0.3) is 0 Å². The van der Waals surface area contributed by atoms with E-state index in [1.165, 1.54) is 11.1 Å². The van der Waals surface area contributed by atoms with E-state index in [9.17, 15) is 4.79 Å². The zero-order chi connectivity index (χ0) is 19.0. The molecule has 3 heterocycles. The van der Waals surface area contributed by atoms with Crippen LogP contribution in [0.1, 0.15) is 36.8 Å². The van der Waals surface area contributed by atoms with Gasteiger partial charge in [0.2, 0.25) is 5.91 Å². The van der Waals surface area contributed by atoms with E-state index in [-0.39, 0.29) is 17.6 Å². The van der Waals surface area contributed by atoms with Crippen LogP contribution in [-0.4, -0.2) is 69.3 Å². The third-order valence-electron chi connectivity index (χ3n) is 6.54. The van der Waals surface area contributed by atoms with E-state index in [0.29, 0.717) is 6.61 Å². The van der Waals surface area contributed by atoms with Crippen molar-refractivity contribution in [3.8, 4) is 11.5 Å². The summed E-state index contributed by atoms with van der Waals surface area (Å²) in [6, 6.07) is 4.22. The van der Waals surface area contributed by atoms with Crippen molar-refractivity contribution in [2.75, 3.05) is 47.5 Å². The molecule has 0 aliphatic carbocycles. The number of carbonyl (C=O) groups is 1.